The molecule has 0 fully saturated rings. The van der Waals surface area contributed by atoms with Gasteiger partial charge in [0.1, 0.15) is 0 Å². The van der Waals surface area contributed by atoms with Gasteiger partial charge in [0.25, 0.3) is 0 Å². The van der Waals surface area contributed by atoms with Crippen LogP contribution in [0.1, 0.15) is 173 Å². The first-order chi connectivity index (χ1) is 17.7. The molecule has 1 atom stereocenters. The fraction of sp³-hybridized carbons (Fsp3) is 0.824. The van der Waals surface area contributed by atoms with Crippen LogP contribution in [0, 0.1) is 0 Å². The van der Waals surface area contributed by atoms with Gasteiger partial charge in [-0.1, -0.05) is 161 Å². The molecular formula is C34H63NO. The summed E-state index contributed by atoms with van der Waals surface area (Å²) >= 11 is 0. The van der Waals surface area contributed by atoms with Gasteiger partial charge in [-0.3, -0.25) is 0 Å². The normalized spacial score (nSPS) is 12.2. The zero-order valence-electron chi connectivity index (χ0n) is 24.8. The summed E-state index contributed by atoms with van der Waals surface area (Å²) in [6.45, 7) is 5.68. The molecule has 0 saturated carbocycles. The van der Waals surface area contributed by atoms with Crippen molar-refractivity contribution in [3.63, 3.8) is 0 Å². The second-order valence-electron chi connectivity index (χ2n) is 11.4. The van der Waals surface area contributed by atoms with Crippen molar-refractivity contribution in [2.45, 2.75) is 168 Å². The number of aliphatic hydroxyl groups is 1. The summed E-state index contributed by atoms with van der Waals surface area (Å²) < 4.78 is 0. The molecule has 0 radical (unpaired) electrons. The maximum absolute atomic E-state index is 10.5. The molecule has 1 rings (SSSR count). The molecule has 0 amide bonds. The second kappa shape index (κ2) is 24.3. The van der Waals surface area contributed by atoms with Crippen LogP contribution in [0.3, 0.4) is 0 Å². The Kier molecular flexibility index (Phi) is 22.3. The lowest BCUT2D eigenvalue weighted by Gasteiger charge is -2.20. The summed E-state index contributed by atoms with van der Waals surface area (Å²) in [6.07, 6.45) is 31.0. The van der Waals surface area contributed by atoms with E-state index in [-0.39, 0.29) is 6.10 Å². The molecule has 0 heterocycles. The average molecular weight is 502 g/mol. The van der Waals surface area contributed by atoms with Gasteiger partial charge in [0.2, 0.25) is 0 Å². The largest absolute Gasteiger partial charge is 0.388 e. The number of rotatable bonds is 26. The van der Waals surface area contributed by atoms with E-state index < -0.39 is 0 Å². The highest BCUT2D eigenvalue weighted by Crippen LogP contribution is 2.23. The molecule has 2 nitrogen and oxygen atoms in total. The maximum Gasteiger partial charge on any atom is 0.0790 e. The fourth-order valence-electron chi connectivity index (χ4n) is 5.26. The molecule has 0 spiro atoms. The van der Waals surface area contributed by atoms with Crippen LogP contribution in [0.4, 0.5) is 5.69 Å². The fourth-order valence-corrected chi connectivity index (χ4v) is 5.26. The van der Waals surface area contributed by atoms with Crippen LogP contribution >= 0.6 is 0 Å². The molecule has 36 heavy (non-hydrogen) atoms. The van der Waals surface area contributed by atoms with Gasteiger partial charge in [0, 0.05) is 19.3 Å². The van der Waals surface area contributed by atoms with E-state index in [1.54, 1.807) is 0 Å². The highest BCUT2D eigenvalue weighted by molar-refractivity contribution is 5.47. The number of benzene rings is 1. The Morgan fingerprint density at radius 2 is 0.889 bits per heavy atom. The van der Waals surface area contributed by atoms with Gasteiger partial charge in [-0.25, -0.2) is 0 Å². The van der Waals surface area contributed by atoms with Gasteiger partial charge in [-0.05, 0) is 30.5 Å². The number of aliphatic hydroxyl groups excluding tert-OH is 1. The predicted molar refractivity (Wildman–Crippen MR) is 162 cm³/mol. The minimum Gasteiger partial charge on any atom is -0.388 e. The quantitative estimate of drug-likeness (QED) is 0.128. The van der Waals surface area contributed by atoms with Gasteiger partial charge < -0.3 is 10.0 Å². The topological polar surface area (TPSA) is 23.5 Å². The van der Waals surface area contributed by atoms with E-state index in [4.69, 9.17) is 0 Å². The monoisotopic (exact) mass is 501 g/mol. The van der Waals surface area contributed by atoms with Crippen molar-refractivity contribution in [3.05, 3.63) is 29.8 Å². The lowest BCUT2D eigenvalue weighted by atomic mass is 10.0. The highest BCUT2D eigenvalue weighted by Gasteiger charge is 2.08. The Morgan fingerprint density at radius 1 is 0.528 bits per heavy atom. The molecule has 0 bridgehead atoms. The lowest BCUT2D eigenvalue weighted by molar-refractivity contribution is 0.163. The SMILES string of the molecule is CCCCCCCCCCCCCCCCCCN(C)c1ccc(C(O)CCCCCCCC)cc1. The number of nitrogens with zero attached hydrogens (tertiary/aromatic N) is 1. The number of anilines is 1. The number of hydrogen-bond acceptors (Lipinski definition) is 2. The third kappa shape index (κ3) is 18.3. The van der Waals surface area contributed by atoms with E-state index in [2.05, 4.69) is 50.1 Å². The van der Waals surface area contributed by atoms with Crippen LogP contribution < -0.4 is 4.90 Å². The highest BCUT2D eigenvalue weighted by atomic mass is 16.3. The Bertz CT molecular complexity index is 569. The Labute approximate surface area is 226 Å². The van der Waals surface area contributed by atoms with E-state index in [0.717, 1.165) is 24.9 Å². The van der Waals surface area contributed by atoms with Crippen molar-refractivity contribution in [2.24, 2.45) is 0 Å². The molecule has 0 aliphatic carbocycles. The van der Waals surface area contributed by atoms with E-state index in [1.807, 2.05) is 0 Å². The molecule has 2 heteroatoms. The smallest absolute Gasteiger partial charge is 0.0790 e. The van der Waals surface area contributed by atoms with Crippen molar-refractivity contribution < 1.29 is 5.11 Å². The number of hydrogen-bond donors (Lipinski definition) is 1. The molecule has 0 aliphatic heterocycles. The standard InChI is InChI=1S/C34H63NO/c1-4-6-8-10-12-13-14-15-16-17-18-19-20-21-23-25-31-35(3)33-29-27-32(28-30-33)34(36)26-24-22-11-9-7-5-2/h27-30,34,36H,4-26,31H2,1-3H3. The van der Waals surface area contributed by atoms with Crippen molar-refractivity contribution in [3.8, 4) is 0 Å². The van der Waals surface area contributed by atoms with Gasteiger partial charge in [0.15, 0.2) is 0 Å². The summed E-state index contributed by atoms with van der Waals surface area (Å²) in [5.41, 5.74) is 2.34. The second-order valence-corrected chi connectivity index (χ2v) is 11.4. The third-order valence-electron chi connectivity index (χ3n) is 7.90. The van der Waals surface area contributed by atoms with Gasteiger partial charge in [0.05, 0.1) is 6.10 Å². The Balaban J connectivity index is 1.97. The predicted octanol–water partition coefficient (Wildman–Crippen LogP) is 11.2. The first-order valence-electron chi connectivity index (χ1n) is 16.2. The molecule has 1 unspecified atom stereocenters. The van der Waals surface area contributed by atoms with Gasteiger partial charge in [-0.2, -0.15) is 0 Å². The molecule has 1 aromatic carbocycles. The van der Waals surface area contributed by atoms with Crippen LogP contribution in [0.15, 0.2) is 24.3 Å². The Hall–Kier alpha value is -1.02. The lowest BCUT2D eigenvalue weighted by Crippen LogP contribution is -2.18. The molecular weight excluding hydrogens is 438 g/mol. The number of unbranched alkanes of at least 4 members (excludes halogenated alkanes) is 20. The van der Waals surface area contributed by atoms with Crippen LogP contribution in [0.25, 0.3) is 0 Å². The van der Waals surface area contributed by atoms with E-state index >= 15 is 0 Å². The van der Waals surface area contributed by atoms with Crippen molar-refractivity contribution in [1.82, 2.24) is 0 Å². The molecule has 1 N–H and O–H groups in total. The van der Waals surface area contributed by atoms with Gasteiger partial charge >= 0.3 is 0 Å². The van der Waals surface area contributed by atoms with Crippen molar-refractivity contribution >= 4 is 5.69 Å². The summed E-state index contributed by atoms with van der Waals surface area (Å²) in [5.74, 6) is 0. The maximum atomic E-state index is 10.5. The first-order valence-corrected chi connectivity index (χ1v) is 16.2. The summed E-state index contributed by atoms with van der Waals surface area (Å²) in [4.78, 5) is 2.37. The molecule has 210 valence electrons. The van der Waals surface area contributed by atoms with Crippen LogP contribution in [0.5, 0.6) is 0 Å². The Morgan fingerprint density at radius 3 is 1.31 bits per heavy atom. The van der Waals surface area contributed by atoms with Crippen molar-refractivity contribution in [2.75, 3.05) is 18.5 Å². The average Bonchev–Trinajstić information content (AvgIpc) is 2.90. The molecule has 0 saturated heterocycles. The molecule has 1 aromatic rings. The summed E-state index contributed by atoms with van der Waals surface area (Å²) in [5, 5.41) is 10.5. The van der Waals surface area contributed by atoms with Crippen LogP contribution in [-0.2, 0) is 0 Å². The first kappa shape index (κ1) is 33.0. The van der Waals surface area contributed by atoms with Crippen molar-refractivity contribution in [1.29, 1.82) is 0 Å². The summed E-state index contributed by atoms with van der Waals surface area (Å²) in [7, 11) is 2.20. The molecule has 0 aliphatic rings. The van der Waals surface area contributed by atoms with Gasteiger partial charge in [-0.15, -0.1) is 0 Å². The summed E-state index contributed by atoms with van der Waals surface area (Å²) in [6, 6.07) is 8.63. The van der Waals surface area contributed by atoms with Crippen LogP contribution in [0.2, 0.25) is 0 Å². The van der Waals surface area contributed by atoms with Crippen LogP contribution in [-0.4, -0.2) is 18.7 Å². The minimum absolute atomic E-state index is 0.309. The van der Waals surface area contributed by atoms with E-state index in [9.17, 15) is 5.11 Å². The van der Waals surface area contributed by atoms with E-state index in [0.29, 0.717) is 0 Å². The van der Waals surface area contributed by atoms with E-state index in [1.165, 1.54) is 141 Å². The third-order valence-corrected chi connectivity index (χ3v) is 7.90. The zero-order chi connectivity index (χ0) is 26.1. The minimum atomic E-state index is -0.309. The molecule has 0 aromatic heterocycles. The zero-order valence-corrected chi connectivity index (χ0v) is 24.8.